The van der Waals surface area contributed by atoms with E-state index in [1.54, 1.807) is 6.21 Å². The first-order chi connectivity index (χ1) is 4.79. The van der Waals surface area contributed by atoms with Gasteiger partial charge in [-0.25, -0.2) is 0 Å². The molecule has 0 aliphatic carbocycles. The van der Waals surface area contributed by atoms with E-state index in [0.29, 0.717) is 5.76 Å². The van der Waals surface area contributed by atoms with E-state index in [1.807, 2.05) is 6.08 Å². The molecule has 0 unspecified atom stereocenters. The third-order valence-electron chi connectivity index (χ3n) is 1.08. The zero-order valence-electron chi connectivity index (χ0n) is 5.83. The molecule has 0 aromatic rings. The number of carbonyl (C=O) groups is 1. The van der Waals surface area contributed by atoms with E-state index in [-0.39, 0.29) is 5.97 Å². The molecule has 0 bridgehead atoms. The van der Waals surface area contributed by atoms with Crippen molar-refractivity contribution in [1.82, 2.24) is 0 Å². The molecule has 1 aliphatic rings. The molecule has 0 aromatic heterocycles. The van der Waals surface area contributed by atoms with Gasteiger partial charge in [-0.3, -0.25) is 9.79 Å². The lowest BCUT2D eigenvalue weighted by molar-refractivity contribution is -0.136. The van der Waals surface area contributed by atoms with Crippen LogP contribution >= 0.6 is 0 Å². The second kappa shape index (κ2) is 3.15. The zero-order valence-corrected chi connectivity index (χ0v) is 5.83. The summed E-state index contributed by atoms with van der Waals surface area (Å²) < 4.78 is 4.76. The van der Waals surface area contributed by atoms with Gasteiger partial charge in [-0.05, 0) is 12.5 Å². The van der Waals surface area contributed by atoms with Crippen molar-refractivity contribution in [3.8, 4) is 0 Å². The van der Waals surface area contributed by atoms with E-state index >= 15 is 0 Å². The lowest BCUT2D eigenvalue weighted by Gasteiger charge is -2.03. The Kier molecular flexibility index (Phi) is 2.20. The molecule has 10 heavy (non-hydrogen) atoms. The summed E-state index contributed by atoms with van der Waals surface area (Å²) in [4.78, 5) is 14.3. The number of allylic oxidation sites excluding steroid dienone is 1. The van der Waals surface area contributed by atoms with Crippen molar-refractivity contribution >= 4 is 12.2 Å². The minimum absolute atomic E-state index is 0.292. The van der Waals surface area contributed by atoms with Gasteiger partial charge in [0, 0.05) is 13.5 Å². The van der Waals surface area contributed by atoms with Crippen molar-refractivity contribution in [3.05, 3.63) is 11.8 Å². The first-order valence-electron chi connectivity index (χ1n) is 3.17. The normalized spacial score (nSPS) is 16.3. The number of carbonyl (C=O) groups excluding carboxylic acids is 1. The van der Waals surface area contributed by atoms with Crippen LogP contribution in [-0.4, -0.2) is 18.7 Å². The van der Waals surface area contributed by atoms with Gasteiger partial charge in [-0.15, -0.1) is 0 Å². The summed E-state index contributed by atoms with van der Waals surface area (Å²) in [6, 6.07) is 0. The predicted molar refractivity (Wildman–Crippen MR) is 37.8 cm³/mol. The van der Waals surface area contributed by atoms with Crippen molar-refractivity contribution in [2.24, 2.45) is 4.99 Å². The molecule has 0 N–H and O–H groups in total. The number of esters is 1. The highest BCUT2D eigenvalue weighted by Crippen LogP contribution is 2.02. The number of hydrogen-bond acceptors (Lipinski definition) is 3. The molecule has 1 heterocycles. The number of rotatable bonds is 1. The van der Waals surface area contributed by atoms with Crippen LogP contribution in [0.25, 0.3) is 0 Å². The zero-order chi connectivity index (χ0) is 7.40. The Hall–Kier alpha value is -1.12. The SMILES string of the molecule is CC(=O)OC1=CCCN=C1. The Bertz CT molecular complexity index is 194. The Labute approximate surface area is 59.4 Å². The van der Waals surface area contributed by atoms with Crippen LogP contribution < -0.4 is 0 Å². The molecule has 1 rings (SSSR count). The minimum Gasteiger partial charge on any atom is -0.425 e. The number of aliphatic imine (C=N–C) groups is 1. The second-order valence-corrected chi connectivity index (χ2v) is 2.02. The monoisotopic (exact) mass is 139 g/mol. The van der Waals surface area contributed by atoms with Gasteiger partial charge in [0.25, 0.3) is 0 Å². The van der Waals surface area contributed by atoms with E-state index in [0.717, 1.165) is 13.0 Å². The fourth-order valence-corrected chi connectivity index (χ4v) is 0.723. The van der Waals surface area contributed by atoms with Gasteiger partial charge in [0.15, 0.2) is 0 Å². The molecule has 0 fully saturated rings. The Balaban J connectivity index is 2.48. The predicted octanol–water partition coefficient (Wildman–Crippen LogP) is 0.908. The first kappa shape index (κ1) is 6.99. The summed E-state index contributed by atoms with van der Waals surface area (Å²) in [6.07, 6.45) is 4.29. The quantitative estimate of drug-likeness (QED) is 0.506. The summed E-state index contributed by atoms with van der Waals surface area (Å²) in [5.41, 5.74) is 0. The van der Waals surface area contributed by atoms with E-state index in [2.05, 4.69) is 4.99 Å². The van der Waals surface area contributed by atoms with Gasteiger partial charge < -0.3 is 4.74 Å². The largest absolute Gasteiger partial charge is 0.425 e. The molecular weight excluding hydrogens is 130 g/mol. The maximum absolute atomic E-state index is 10.4. The highest BCUT2D eigenvalue weighted by Gasteiger charge is 2.00. The molecular formula is C7H9NO2. The molecule has 0 radical (unpaired) electrons. The molecule has 0 saturated heterocycles. The van der Waals surface area contributed by atoms with Crippen molar-refractivity contribution in [2.45, 2.75) is 13.3 Å². The van der Waals surface area contributed by atoms with Crippen LogP contribution in [0.1, 0.15) is 13.3 Å². The summed E-state index contributed by atoms with van der Waals surface area (Å²) >= 11 is 0. The van der Waals surface area contributed by atoms with Crippen molar-refractivity contribution in [2.75, 3.05) is 6.54 Å². The van der Waals surface area contributed by atoms with Crippen LogP contribution in [0.5, 0.6) is 0 Å². The third kappa shape index (κ3) is 2.01. The summed E-state index contributed by atoms with van der Waals surface area (Å²) in [5.74, 6) is 0.276. The lowest BCUT2D eigenvalue weighted by atomic mass is 10.3. The van der Waals surface area contributed by atoms with Gasteiger partial charge in [0.2, 0.25) is 0 Å². The highest BCUT2D eigenvalue weighted by molar-refractivity contribution is 5.81. The maximum atomic E-state index is 10.4. The Morgan fingerprint density at radius 3 is 3.10 bits per heavy atom. The van der Waals surface area contributed by atoms with Crippen LogP contribution in [0, 0.1) is 0 Å². The summed E-state index contributed by atoms with van der Waals surface area (Å²) in [6.45, 7) is 2.17. The molecule has 1 aliphatic heterocycles. The van der Waals surface area contributed by atoms with E-state index in [9.17, 15) is 4.79 Å². The fourth-order valence-electron chi connectivity index (χ4n) is 0.723. The van der Waals surface area contributed by atoms with E-state index in [4.69, 9.17) is 4.74 Å². The molecule has 0 aromatic carbocycles. The van der Waals surface area contributed by atoms with Crippen LogP contribution in [0.2, 0.25) is 0 Å². The molecule has 3 nitrogen and oxygen atoms in total. The topological polar surface area (TPSA) is 38.7 Å². The number of dihydropyridines is 1. The van der Waals surface area contributed by atoms with Crippen LogP contribution in [0.15, 0.2) is 16.8 Å². The lowest BCUT2D eigenvalue weighted by Crippen LogP contribution is -2.03. The highest BCUT2D eigenvalue weighted by atomic mass is 16.5. The van der Waals surface area contributed by atoms with Gasteiger partial charge in [-0.2, -0.15) is 0 Å². The fraction of sp³-hybridized carbons (Fsp3) is 0.429. The minimum atomic E-state index is -0.292. The first-order valence-corrected chi connectivity index (χ1v) is 3.17. The number of hydrogen-bond donors (Lipinski definition) is 0. The van der Waals surface area contributed by atoms with Crippen molar-refractivity contribution in [3.63, 3.8) is 0 Å². The molecule has 3 heteroatoms. The number of nitrogens with zero attached hydrogens (tertiary/aromatic N) is 1. The summed E-state index contributed by atoms with van der Waals surface area (Å²) in [7, 11) is 0. The maximum Gasteiger partial charge on any atom is 0.308 e. The standard InChI is InChI=1S/C7H9NO2/c1-6(9)10-7-3-2-4-8-5-7/h3,5H,2,4H2,1H3. The smallest absolute Gasteiger partial charge is 0.308 e. The molecule has 0 atom stereocenters. The van der Waals surface area contributed by atoms with Gasteiger partial charge in [-0.1, -0.05) is 0 Å². The van der Waals surface area contributed by atoms with Crippen LogP contribution in [0.3, 0.4) is 0 Å². The van der Waals surface area contributed by atoms with E-state index < -0.39 is 0 Å². The van der Waals surface area contributed by atoms with E-state index in [1.165, 1.54) is 6.92 Å². The summed E-state index contributed by atoms with van der Waals surface area (Å²) in [5, 5.41) is 0. The Morgan fingerprint density at radius 1 is 1.80 bits per heavy atom. The average molecular weight is 139 g/mol. The number of ether oxygens (including phenoxy) is 1. The van der Waals surface area contributed by atoms with Crippen LogP contribution in [-0.2, 0) is 9.53 Å². The van der Waals surface area contributed by atoms with Gasteiger partial charge in [0.05, 0.1) is 6.21 Å². The van der Waals surface area contributed by atoms with Crippen molar-refractivity contribution in [1.29, 1.82) is 0 Å². The Morgan fingerprint density at radius 2 is 2.60 bits per heavy atom. The second-order valence-electron chi connectivity index (χ2n) is 2.02. The van der Waals surface area contributed by atoms with Crippen LogP contribution in [0.4, 0.5) is 0 Å². The average Bonchev–Trinajstić information content (AvgIpc) is 1.88. The van der Waals surface area contributed by atoms with Gasteiger partial charge >= 0.3 is 5.97 Å². The molecule has 0 spiro atoms. The molecule has 0 amide bonds. The van der Waals surface area contributed by atoms with Gasteiger partial charge in [0.1, 0.15) is 5.76 Å². The molecule has 0 saturated carbocycles. The third-order valence-corrected chi connectivity index (χ3v) is 1.08. The van der Waals surface area contributed by atoms with Crippen molar-refractivity contribution < 1.29 is 9.53 Å². The molecule has 54 valence electrons.